The number of rotatable bonds is 10. The Morgan fingerprint density at radius 1 is 1.00 bits per heavy atom. The smallest absolute Gasteiger partial charge is 0.419 e. The van der Waals surface area contributed by atoms with Gasteiger partial charge in [0.15, 0.2) is 5.82 Å². The lowest BCUT2D eigenvalue weighted by Crippen LogP contribution is -2.27. The number of nitrogens with one attached hydrogen (secondary N) is 1. The van der Waals surface area contributed by atoms with Gasteiger partial charge in [0.05, 0.1) is 31.1 Å². The fourth-order valence-electron chi connectivity index (χ4n) is 4.71. The van der Waals surface area contributed by atoms with Gasteiger partial charge in [-0.25, -0.2) is 14.6 Å². The van der Waals surface area contributed by atoms with E-state index in [0.717, 1.165) is 30.1 Å². The number of hydrogen-bond acceptors (Lipinski definition) is 7. The SMILES string of the molecule is COc1ccc(Cn2ncc(NC(C)CCCn3ccc4cc(-c5ncc(C(F)(F)F)cn5)ccc4c3=O)c(Br)c2=O)cc1. The number of halogens is 4. The van der Waals surface area contributed by atoms with Crippen LogP contribution in [0.4, 0.5) is 18.9 Å². The predicted molar refractivity (Wildman–Crippen MR) is 165 cm³/mol. The molecule has 1 unspecified atom stereocenters. The molecule has 0 fully saturated rings. The van der Waals surface area contributed by atoms with E-state index in [2.05, 4.69) is 36.3 Å². The molecule has 0 spiro atoms. The van der Waals surface area contributed by atoms with Crippen LogP contribution in [0.5, 0.6) is 5.75 Å². The average Bonchev–Trinajstić information content (AvgIpc) is 3.02. The van der Waals surface area contributed by atoms with Crippen LogP contribution in [-0.2, 0) is 19.3 Å². The molecule has 0 bridgehead atoms. The normalized spacial score (nSPS) is 12.3. The third-order valence-electron chi connectivity index (χ3n) is 7.13. The van der Waals surface area contributed by atoms with E-state index in [1.807, 2.05) is 31.2 Å². The lowest BCUT2D eigenvalue weighted by atomic mass is 10.1. The standard InChI is InChI=1S/C31H28BrF3N6O3/c1-19(39-26-17-38-41(30(43)27(26)32)18-20-5-8-24(44-2)9-6-20)4-3-12-40-13-11-21-14-22(7-10-25(21)29(40)42)28-36-15-23(16-37-28)31(33,34)35/h5-11,13-17,19,39H,3-4,12,18H2,1-2H3. The number of methoxy groups -OCH3 is 1. The molecule has 0 aliphatic rings. The van der Waals surface area contributed by atoms with Gasteiger partial charge < -0.3 is 14.6 Å². The Kier molecular flexibility index (Phi) is 9.14. The summed E-state index contributed by atoms with van der Waals surface area (Å²) in [7, 11) is 1.60. The first kappa shape index (κ1) is 30.9. The highest BCUT2D eigenvalue weighted by atomic mass is 79.9. The van der Waals surface area contributed by atoms with Gasteiger partial charge in [-0.05, 0) is 77.0 Å². The van der Waals surface area contributed by atoms with Gasteiger partial charge in [-0.3, -0.25) is 9.59 Å². The monoisotopic (exact) mass is 668 g/mol. The molecule has 0 saturated heterocycles. The molecule has 1 N–H and O–H groups in total. The van der Waals surface area contributed by atoms with Crippen LogP contribution in [0.3, 0.4) is 0 Å². The lowest BCUT2D eigenvalue weighted by molar-refractivity contribution is -0.138. The van der Waals surface area contributed by atoms with Crippen molar-refractivity contribution in [1.29, 1.82) is 0 Å². The van der Waals surface area contributed by atoms with Gasteiger partial charge in [-0.1, -0.05) is 18.2 Å². The van der Waals surface area contributed by atoms with Crippen molar-refractivity contribution in [3.8, 4) is 17.1 Å². The Bertz CT molecular complexity index is 1890. The number of ether oxygens (including phenoxy) is 1. The Hall–Kier alpha value is -4.52. The number of aromatic nitrogens is 5. The third kappa shape index (κ3) is 6.99. The first-order valence-corrected chi connectivity index (χ1v) is 14.5. The highest BCUT2D eigenvalue weighted by molar-refractivity contribution is 9.10. The maximum atomic E-state index is 13.1. The molecule has 0 aliphatic carbocycles. The minimum atomic E-state index is -4.51. The number of aryl methyl sites for hydroxylation is 1. The van der Waals surface area contributed by atoms with Crippen molar-refractivity contribution in [3.05, 3.63) is 110 Å². The summed E-state index contributed by atoms with van der Waals surface area (Å²) in [4.78, 5) is 33.7. The predicted octanol–water partition coefficient (Wildman–Crippen LogP) is 6.13. The summed E-state index contributed by atoms with van der Waals surface area (Å²) < 4.78 is 47.0. The van der Waals surface area contributed by atoms with Crippen molar-refractivity contribution < 1.29 is 17.9 Å². The Balaban J connectivity index is 1.19. The minimum Gasteiger partial charge on any atom is -0.497 e. The van der Waals surface area contributed by atoms with Gasteiger partial charge in [-0.2, -0.15) is 18.3 Å². The first-order valence-electron chi connectivity index (χ1n) is 13.7. The van der Waals surface area contributed by atoms with Gasteiger partial charge in [-0.15, -0.1) is 0 Å². The highest BCUT2D eigenvalue weighted by Crippen LogP contribution is 2.29. The Labute approximate surface area is 258 Å². The fourth-order valence-corrected chi connectivity index (χ4v) is 5.14. The van der Waals surface area contributed by atoms with Gasteiger partial charge in [0.25, 0.3) is 11.1 Å². The van der Waals surface area contributed by atoms with Crippen LogP contribution >= 0.6 is 15.9 Å². The number of fused-ring (bicyclic) bond motifs is 1. The number of alkyl halides is 3. The van der Waals surface area contributed by atoms with Crippen molar-refractivity contribution in [2.75, 3.05) is 12.4 Å². The second-order valence-corrected chi connectivity index (χ2v) is 11.1. The van der Waals surface area contributed by atoms with E-state index >= 15 is 0 Å². The van der Waals surface area contributed by atoms with E-state index in [-0.39, 0.29) is 23.0 Å². The van der Waals surface area contributed by atoms with E-state index in [0.29, 0.717) is 46.0 Å². The highest BCUT2D eigenvalue weighted by Gasteiger charge is 2.31. The maximum absolute atomic E-state index is 13.1. The summed E-state index contributed by atoms with van der Waals surface area (Å²) >= 11 is 3.41. The molecule has 0 saturated carbocycles. The van der Waals surface area contributed by atoms with Gasteiger partial charge in [0, 0.05) is 42.1 Å². The minimum absolute atomic E-state index is 0.00705. The van der Waals surface area contributed by atoms with Gasteiger partial charge >= 0.3 is 6.18 Å². The molecule has 3 heterocycles. The van der Waals surface area contributed by atoms with Gasteiger partial charge in [0.1, 0.15) is 10.2 Å². The van der Waals surface area contributed by atoms with Crippen LogP contribution in [-0.4, -0.2) is 37.5 Å². The number of hydrogen-bond donors (Lipinski definition) is 1. The molecule has 5 aromatic rings. The second-order valence-electron chi connectivity index (χ2n) is 10.3. The van der Waals surface area contributed by atoms with Crippen LogP contribution in [0.25, 0.3) is 22.2 Å². The van der Waals surface area contributed by atoms with E-state index in [1.165, 1.54) is 4.68 Å². The quantitative estimate of drug-likeness (QED) is 0.191. The number of pyridine rings is 1. The maximum Gasteiger partial charge on any atom is 0.419 e. The molecule has 3 aromatic heterocycles. The molecule has 228 valence electrons. The van der Waals surface area contributed by atoms with E-state index < -0.39 is 11.7 Å². The topological polar surface area (TPSA) is 104 Å². The number of anilines is 1. The molecule has 13 heteroatoms. The summed E-state index contributed by atoms with van der Waals surface area (Å²) in [5.74, 6) is 0.875. The van der Waals surface area contributed by atoms with Crippen molar-refractivity contribution in [3.63, 3.8) is 0 Å². The molecule has 5 rings (SSSR count). The molecule has 44 heavy (non-hydrogen) atoms. The number of benzene rings is 2. The zero-order chi connectivity index (χ0) is 31.4. The van der Waals surface area contributed by atoms with Crippen molar-refractivity contribution in [2.45, 2.75) is 45.1 Å². The first-order chi connectivity index (χ1) is 21.0. The summed E-state index contributed by atoms with van der Waals surface area (Å²) in [5, 5.41) is 8.77. The summed E-state index contributed by atoms with van der Waals surface area (Å²) in [6.45, 7) is 2.79. The zero-order valence-electron chi connectivity index (χ0n) is 23.8. The van der Waals surface area contributed by atoms with Crippen LogP contribution < -0.4 is 21.2 Å². The zero-order valence-corrected chi connectivity index (χ0v) is 25.4. The third-order valence-corrected chi connectivity index (χ3v) is 7.89. The summed E-state index contributed by atoms with van der Waals surface area (Å²) in [6, 6.07) is 14.1. The fraction of sp³-hybridized carbons (Fsp3) is 0.258. The molecule has 0 amide bonds. The molecule has 9 nitrogen and oxygen atoms in total. The van der Waals surface area contributed by atoms with Crippen molar-refractivity contribution >= 4 is 32.4 Å². The van der Waals surface area contributed by atoms with Crippen molar-refractivity contribution in [2.24, 2.45) is 0 Å². The Morgan fingerprint density at radius 2 is 1.73 bits per heavy atom. The second kappa shape index (κ2) is 13.0. The van der Waals surface area contributed by atoms with E-state index in [4.69, 9.17) is 4.74 Å². The van der Waals surface area contributed by atoms with Crippen LogP contribution in [0, 0.1) is 0 Å². The number of nitrogens with zero attached hydrogens (tertiary/aromatic N) is 5. The van der Waals surface area contributed by atoms with Crippen LogP contribution in [0.2, 0.25) is 0 Å². The molecular formula is C31H28BrF3N6O3. The van der Waals surface area contributed by atoms with Gasteiger partial charge in [0.2, 0.25) is 0 Å². The molecule has 0 radical (unpaired) electrons. The van der Waals surface area contributed by atoms with Crippen LogP contribution in [0.15, 0.2) is 87.4 Å². The summed E-state index contributed by atoms with van der Waals surface area (Å²) in [6.07, 6.45) is 1.69. The molecule has 0 aliphatic heterocycles. The molecule has 1 atom stereocenters. The lowest BCUT2D eigenvalue weighted by Gasteiger charge is -2.17. The largest absolute Gasteiger partial charge is 0.497 e. The average molecular weight is 670 g/mol. The molecule has 2 aromatic carbocycles. The van der Waals surface area contributed by atoms with E-state index in [9.17, 15) is 22.8 Å². The summed E-state index contributed by atoms with van der Waals surface area (Å²) in [5.41, 5.74) is 0.663. The molecular weight excluding hydrogens is 641 g/mol. The van der Waals surface area contributed by atoms with Crippen LogP contribution in [0.1, 0.15) is 30.9 Å². The Morgan fingerprint density at radius 3 is 2.41 bits per heavy atom. The van der Waals surface area contributed by atoms with E-state index in [1.54, 1.807) is 48.3 Å². The van der Waals surface area contributed by atoms with Crippen molar-refractivity contribution in [1.82, 2.24) is 24.3 Å².